The molecule has 1 saturated heterocycles. The summed E-state index contributed by atoms with van der Waals surface area (Å²) >= 11 is 0. The highest BCUT2D eigenvalue weighted by atomic mass is 19.1. The van der Waals surface area contributed by atoms with Crippen LogP contribution in [0, 0.1) is 11.7 Å². The van der Waals surface area contributed by atoms with Crippen molar-refractivity contribution < 1.29 is 18.7 Å². The maximum atomic E-state index is 14.0. The Hall–Kier alpha value is -2.44. The van der Waals surface area contributed by atoms with Crippen molar-refractivity contribution in [1.29, 1.82) is 0 Å². The largest absolute Gasteiger partial charge is 0.496 e. The van der Waals surface area contributed by atoms with Gasteiger partial charge < -0.3 is 14.4 Å². The number of rotatable bonds is 11. The topological polar surface area (TPSA) is 42.0 Å². The van der Waals surface area contributed by atoms with Crippen molar-refractivity contribution in [3.63, 3.8) is 0 Å². The van der Waals surface area contributed by atoms with Crippen LogP contribution < -0.4 is 4.74 Å². The number of amides is 1. The molecule has 1 aliphatic heterocycles. The van der Waals surface area contributed by atoms with Crippen LogP contribution in [-0.4, -0.2) is 62.7 Å². The first-order valence-corrected chi connectivity index (χ1v) is 11.4. The number of piperidine rings is 1. The third-order valence-corrected chi connectivity index (χ3v) is 6.26. The van der Waals surface area contributed by atoms with Crippen molar-refractivity contribution in [3.8, 4) is 5.75 Å². The molecular formula is C26H35FN2O3. The second-order valence-corrected chi connectivity index (χ2v) is 8.46. The van der Waals surface area contributed by atoms with Gasteiger partial charge in [-0.1, -0.05) is 36.4 Å². The molecule has 1 amide bonds. The molecular weight excluding hydrogens is 407 g/mol. The fourth-order valence-electron chi connectivity index (χ4n) is 4.33. The molecule has 6 heteroatoms. The van der Waals surface area contributed by atoms with Gasteiger partial charge in [0.05, 0.1) is 13.7 Å². The van der Waals surface area contributed by atoms with Crippen LogP contribution in [0.3, 0.4) is 0 Å². The second-order valence-electron chi connectivity index (χ2n) is 8.46. The van der Waals surface area contributed by atoms with Crippen molar-refractivity contribution in [2.75, 3.05) is 47.0 Å². The predicted octanol–water partition coefficient (Wildman–Crippen LogP) is 4.15. The summed E-state index contributed by atoms with van der Waals surface area (Å²) in [4.78, 5) is 17.3. The van der Waals surface area contributed by atoms with Crippen LogP contribution in [-0.2, 0) is 22.5 Å². The summed E-state index contributed by atoms with van der Waals surface area (Å²) < 4.78 is 24.6. The number of para-hydroxylation sites is 1. The molecule has 3 rings (SSSR count). The minimum atomic E-state index is -0.138. The van der Waals surface area contributed by atoms with E-state index in [9.17, 15) is 9.18 Å². The number of halogens is 1. The smallest absolute Gasteiger partial charge is 0.222 e. The maximum Gasteiger partial charge on any atom is 0.222 e. The van der Waals surface area contributed by atoms with Crippen LogP contribution in [0.4, 0.5) is 4.39 Å². The van der Waals surface area contributed by atoms with E-state index in [1.807, 2.05) is 41.3 Å². The Kier molecular flexibility index (Phi) is 9.50. The number of carbonyl (C=O) groups excluding carboxylic acids is 1. The van der Waals surface area contributed by atoms with Gasteiger partial charge in [-0.15, -0.1) is 0 Å². The molecule has 2 aromatic carbocycles. The van der Waals surface area contributed by atoms with Gasteiger partial charge in [0.25, 0.3) is 0 Å². The Morgan fingerprint density at radius 2 is 1.75 bits per heavy atom. The van der Waals surface area contributed by atoms with Crippen molar-refractivity contribution in [1.82, 2.24) is 9.80 Å². The van der Waals surface area contributed by atoms with Crippen LogP contribution >= 0.6 is 0 Å². The Balaban J connectivity index is 1.50. The minimum Gasteiger partial charge on any atom is -0.496 e. The number of nitrogens with zero attached hydrogens (tertiary/aromatic N) is 2. The lowest BCUT2D eigenvalue weighted by Crippen LogP contribution is -2.42. The third-order valence-electron chi connectivity index (χ3n) is 6.26. The molecule has 0 N–H and O–H groups in total. The molecule has 0 unspecified atom stereocenters. The molecule has 0 aromatic heterocycles. The molecule has 0 bridgehead atoms. The first-order valence-electron chi connectivity index (χ1n) is 11.4. The highest BCUT2D eigenvalue weighted by Crippen LogP contribution is 2.23. The Labute approximate surface area is 191 Å². The van der Waals surface area contributed by atoms with Crippen molar-refractivity contribution in [3.05, 3.63) is 65.5 Å². The molecule has 0 radical (unpaired) electrons. The van der Waals surface area contributed by atoms with Gasteiger partial charge in [-0.05, 0) is 56.0 Å². The van der Waals surface area contributed by atoms with E-state index in [-0.39, 0.29) is 11.7 Å². The van der Waals surface area contributed by atoms with E-state index in [0.29, 0.717) is 38.5 Å². The van der Waals surface area contributed by atoms with E-state index in [0.717, 1.165) is 49.4 Å². The highest BCUT2D eigenvalue weighted by Gasteiger charge is 2.24. The minimum absolute atomic E-state index is 0.138. The van der Waals surface area contributed by atoms with Crippen LogP contribution in [0.1, 0.15) is 30.4 Å². The number of ether oxygens (including phenoxy) is 2. The molecule has 0 spiro atoms. The zero-order valence-corrected chi connectivity index (χ0v) is 19.3. The number of hydrogen-bond donors (Lipinski definition) is 0. The highest BCUT2D eigenvalue weighted by molar-refractivity contribution is 5.76. The van der Waals surface area contributed by atoms with E-state index in [1.54, 1.807) is 20.3 Å². The average Bonchev–Trinajstić information content (AvgIpc) is 2.82. The normalized spacial score (nSPS) is 15.0. The number of aryl methyl sites for hydroxylation is 1. The number of carbonyl (C=O) groups is 1. The van der Waals surface area contributed by atoms with Crippen LogP contribution in [0.2, 0.25) is 0 Å². The lowest BCUT2D eigenvalue weighted by atomic mass is 9.95. The van der Waals surface area contributed by atoms with E-state index in [4.69, 9.17) is 9.47 Å². The Morgan fingerprint density at radius 3 is 2.44 bits per heavy atom. The van der Waals surface area contributed by atoms with Gasteiger partial charge in [0.15, 0.2) is 0 Å². The molecule has 174 valence electrons. The van der Waals surface area contributed by atoms with Gasteiger partial charge in [0.2, 0.25) is 5.91 Å². The number of benzene rings is 2. The molecule has 5 nitrogen and oxygen atoms in total. The van der Waals surface area contributed by atoms with Crippen LogP contribution in [0.25, 0.3) is 0 Å². The molecule has 2 aromatic rings. The van der Waals surface area contributed by atoms with Gasteiger partial charge in [0.1, 0.15) is 11.6 Å². The van der Waals surface area contributed by atoms with Crippen LogP contribution in [0.15, 0.2) is 48.5 Å². The fourth-order valence-corrected chi connectivity index (χ4v) is 4.33. The fraction of sp³-hybridized carbons (Fsp3) is 0.500. The Bertz CT molecular complexity index is 852. The summed E-state index contributed by atoms with van der Waals surface area (Å²) in [6.45, 7) is 4.38. The van der Waals surface area contributed by atoms with Crippen molar-refractivity contribution in [2.24, 2.45) is 5.92 Å². The molecule has 1 aliphatic rings. The van der Waals surface area contributed by atoms with Crippen molar-refractivity contribution >= 4 is 5.91 Å². The predicted molar refractivity (Wildman–Crippen MR) is 124 cm³/mol. The quantitative estimate of drug-likeness (QED) is 0.524. The summed E-state index contributed by atoms with van der Waals surface area (Å²) in [6, 6.07) is 14.8. The lowest BCUT2D eigenvalue weighted by molar-refractivity contribution is -0.132. The number of likely N-dealkylation sites (tertiary alicyclic amines) is 1. The van der Waals surface area contributed by atoms with Gasteiger partial charge >= 0.3 is 0 Å². The summed E-state index contributed by atoms with van der Waals surface area (Å²) in [6.07, 6.45) is 3.14. The second kappa shape index (κ2) is 12.6. The van der Waals surface area contributed by atoms with E-state index >= 15 is 0 Å². The molecule has 0 saturated carbocycles. The van der Waals surface area contributed by atoms with Gasteiger partial charge in [-0.25, -0.2) is 4.39 Å². The SMILES string of the molecule is COCCN(CC1CCN(Cc2ccccc2F)CC1)C(=O)CCc1ccccc1OC. The third kappa shape index (κ3) is 7.04. The van der Waals surface area contributed by atoms with Gasteiger partial charge in [-0.2, -0.15) is 0 Å². The molecule has 1 fully saturated rings. The van der Waals surface area contributed by atoms with E-state index in [2.05, 4.69) is 4.90 Å². The molecule has 0 aliphatic carbocycles. The summed E-state index contributed by atoms with van der Waals surface area (Å²) in [7, 11) is 3.32. The standard InChI is InChI=1S/C26H35FN2O3/c1-31-18-17-29(26(30)12-11-22-7-4-6-10-25(22)32-2)19-21-13-15-28(16-14-21)20-23-8-3-5-9-24(23)27/h3-10,21H,11-20H2,1-2H3. The average molecular weight is 443 g/mol. The Morgan fingerprint density at radius 1 is 1.06 bits per heavy atom. The zero-order valence-electron chi connectivity index (χ0n) is 19.3. The van der Waals surface area contributed by atoms with E-state index in [1.165, 1.54) is 6.07 Å². The van der Waals surface area contributed by atoms with Gasteiger partial charge in [-0.3, -0.25) is 9.69 Å². The first-order chi connectivity index (χ1) is 15.6. The first kappa shape index (κ1) is 24.2. The zero-order chi connectivity index (χ0) is 22.8. The maximum absolute atomic E-state index is 14.0. The summed E-state index contributed by atoms with van der Waals surface area (Å²) in [5.41, 5.74) is 1.80. The van der Waals surface area contributed by atoms with E-state index < -0.39 is 0 Å². The van der Waals surface area contributed by atoms with Gasteiger partial charge in [0, 0.05) is 38.7 Å². The number of methoxy groups -OCH3 is 2. The molecule has 0 atom stereocenters. The van der Waals surface area contributed by atoms with Crippen LogP contribution in [0.5, 0.6) is 5.75 Å². The monoisotopic (exact) mass is 442 g/mol. The van der Waals surface area contributed by atoms with Crippen molar-refractivity contribution in [2.45, 2.75) is 32.2 Å². The molecule has 32 heavy (non-hydrogen) atoms. The summed E-state index contributed by atoms with van der Waals surface area (Å²) in [5, 5.41) is 0. The number of hydrogen-bond acceptors (Lipinski definition) is 4. The lowest BCUT2D eigenvalue weighted by Gasteiger charge is -2.35. The molecule has 1 heterocycles. The summed E-state index contributed by atoms with van der Waals surface area (Å²) in [5.74, 6) is 1.30.